The molecule has 0 aromatic carbocycles. The number of aliphatic imine (C=N–C) groups is 1. The highest BCUT2D eigenvalue weighted by Gasteiger charge is 2.21. The zero-order valence-electron chi connectivity index (χ0n) is 15.4. The van der Waals surface area contributed by atoms with Crippen molar-refractivity contribution in [1.82, 2.24) is 15.5 Å². The zero-order valence-corrected chi connectivity index (χ0v) is 16.2. The summed E-state index contributed by atoms with van der Waals surface area (Å²) >= 11 is 2.06. The van der Waals surface area contributed by atoms with Crippen LogP contribution in [0.5, 0.6) is 0 Å². The molecule has 1 aliphatic carbocycles. The standard InChI is InChI=1S/C18H34N4OS/c1-3-16-14-22(12-13-24-16)18(19-4-2)20-11-10-17(23)21-15-8-6-5-7-9-15/h15-16H,3-14H2,1-2H3,(H,19,20)(H,21,23). The number of nitrogens with zero attached hydrogens (tertiary/aromatic N) is 2. The van der Waals surface area contributed by atoms with Crippen molar-refractivity contribution in [3.63, 3.8) is 0 Å². The average Bonchev–Trinajstić information content (AvgIpc) is 2.62. The molecule has 1 amide bonds. The molecule has 24 heavy (non-hydrogen) atoms. The normalized spacial score (nSPS) is 23.2. The summed E-state index contributed by atoms with van der Waals surface area (Å²) in [5.74, 6) is 2.29. The molecule has 0 aromatic heterocycles. The lowest BCUT2D eigenvalue weighted by Gasteiger charge is -2.34. The molecule has 1 saturated heterocycles. The number of guanidine groups is 1. The maximum Gasteiger partial charge on any atom is 0.222 e. The van der Waals surface area contributed by atoms with Crippen LogP contribution in [0.1, 0.15) is 58.8 Å². The highest BCUT2D eigenvalue weighted by atomic mass is 32.2. The minimum Gasteiger partial charge on any atom is -0.357 e. The number of hydrogen-bond donors (Lipinski definition) is 2. The molecule has 5 nitrogen and oxygen atoms in total. The van der Waals surface area contributed by atoms with Gasteiger partial charge < -0.3 is 15.5 Å². The molecular weight excluding hydrogens is 320 g/mol. The summed E-state index contributed by atoms with van der Waals surface area (Å²) in [6.45, 7) is 7.89. The van der Waals surface area contributed by atoms with Gasteiger partial charge in [0, 0.05) is 43.1 Å². The number of hydrogen-bond acceptors (Lipinski definition) is 3. The van der Waals surface area contributed by atoms with E-state index < -0.39 is 0 Å². The van der Waals surface area contributed by atoms with E-state index in [1.807, 2.05) is 0 Å². The fourth-order valence-electron chi connectivity index (χ4n) is 3.39. The first-order valence-corrected chi connectivity index (χ1v) is 10.7. The number of amides is 1. The number of carbonyl (C=O) groups excluding carboxylic acids is 1. The lowest BCUT2D eigenvalue weighted by atomic mass is 9.95. The molecule has 1 heterocycles. The molecule has 2 aliphatic rings. The second-order valence-corrected chi connectivity index (χ2v) is 8.14. The van der Waals surface area contributed by atoms with Gasteiger partial charge in [-0.05, 0) is 26.2 Å². The lowest BCUT2D eigenvalue weighted by Crippen LogP contribution is -2.48. The van der Waals surface area contributed by atoms with Gasteiger partial charge in [-0.25, -0.2) is 0 Å². The first kappa shape index (κ1) is 19.4. The minimum absolute atomic E-state index is 0.155. The number of carbonyl (C=O) groups is 1. The molecule has 6 heteroatoms. The predicted molar refractivity (Wildman–Crippen MR) is 104 cm³/mol. The van der Waals surface area contributed by atoms with Gasteiger partial charge in [0.05, 0.1) is 6.54 Å². The predicted octanol–water partition coefficient (Wildman–Crippen LogP) is 2.62. The van der Waals surface area contributed by atoms with Crippen molar-refractivity contribution >= 4 is 23.6 Å². The molecule has 2 N–H and O–H groups in total. The van der Waals surface area contributed by atoms with Gasteiger partial charge in [0.1, 0.15) is 0 Å². The maximum absolute atomic E-state index is 12.1. The van der Waals surface area contributed by atoms with Crippen LogP contribution in [-0.4, -0.2) is 60.0 Å². The smallest absolute Gasteiger partial charge is 0.222 e. The van der Waals surface area contributed by atoms with Crippen molar-refractivity contribution < 1.29 is 4.79 Å². The first-order chi connectivity index (χ1) is 11.7. The van der Waals surface area contributed by atoms with Crippen molar-refractivity contribution in [2.75, 3.05) is 31.9 Å². The summed E-state index contributed by atoms with van der Waals surface area (Å²) < 4.78 is 0. The van der Waals surface area contributed by atoms with Crippen LogP contribution in [0.2, 0.25) is 0 Å². The molecule has 2 rings (SSSR count). The summed E-state index contributed by atoms with van der Waals surface area (Å²) in [6.07, 6.45) is 7.78. The Bertz CT molecular complexity index is 410. The van der Waals surface area contributed by atoms with Crippen molar-refractivity contribution in [1.29, 1.82) is 0 Å². The summed E-state index contributed by atoms with van der Waals surface area (Å²) in [6, 6.07) is 0.396. The SMILES string of the molecule is CCNC(=NCCC(=O)NC1CCCCC1)N1CCSC(CC)C1. The average molecular weight is 355 g/mol. The third kappa shape index (κ3) is 6.54. The Morgan fingerprint density at radius 2 is 2.04 bits per heavy atom. The number of rotatable bonds is 6. The molecule has 1 aliphatic heterocycles. The Hall–Kier alpha value is -0.910. The zero-order chi connectivity index (χ0) is 17.2. The molecule has 0 aromatic rings. The third-order valence-corrected chi connectivity index (χ3v) is 6.17. The Balaban J connectivity index is 1.78. The Morgan fingerprint density at radius 3 is 2.75 bits per heavy atom. The fourth-order valence-corrected chi connectivity index (χ4v) is 4.57. The number of nitrogens with one attached hydrogen (secondary N) is 2. The van der Waals surface area contributed by atoms with Gasteiger partial charge in [0.25, 0.3) is 0 Å². The molecule has 1 unspecified atom stereocenters. The largest absolute Gasteiger partial charge is 0.357 e. The van der Waals surface area contributed by atoms with E-state index in [2.05, 4.69) is 41.1 Å². The van der Waals surface area contributed by atoms with E-state index >= 15 is 0 Å². The first-order valence-electron chi connectivity index (χ1n) is 9.67. The summed E-state index contributed by atoms with van der Waals surface area (Å²) in [7, 11) is 0. The fraction of sp³-hybridized carbons (Fsp3) is 0.889. The van der Waals surface area contributed by atoms with Crippen LogP contribution in [0, 0.1) is 0 Å². The van der Waals surface area contributed by atoms with E-state index in [-0.39, 0.29) is 5.91 Å². The van der Waals surface area contributed by atoms with Gasteiger partial charge in [-0.3, -0.25) is 9.79 Å². The Kier molecular flexibility index (Phi) is 8.78. The van der Waals surface area contributed by atoms with Crippen molar-refractivity contribution in [2.45, 2.75) is 70.1 Å². The van der Waals surface area contributed by atoms with Gasteiger partial charge in [-0.15, -0.1) is 0 Å². The van der Waals surface area contributed by atoms with E-state index in [4.69, 9.17) is 4.99 Å². The van der Waals surface area contributed by atoms with Crippen LogP contribution in [0.25, 0.3) is 0 Å². The van der Waals surface area contributed by atoms with Crippen LogP contribution in [-0.2, 0) is 4.79 Å². The minimum atomic E-state index is 0.155. The van der Waals surface area contributed by atoms with E-state index in [1.54, 1.807) is 0 Å². The summed E-state index contributed by atoms with van der Waals surface area (Å²) in [5, 5.41) is 7.25. The summed E-state index contributed by atoms with van der Waals surface area (Å²) in [4.78, 5) is 19.2. The van der Waals surface area contributed by atoms with Crippen LogP contribution < -0.4 is 10.6 Å². The molecule has 1 saturated carbocycles. The van der Waals surface area contributed by atoms with E-state index in [0.29, 0.717) is 24.3 Å². The highest BCUT2D eigenvalue weighted by Crippen LogP contribution is 2.21. The van der Waals surface area contributed by atoms with E-state index in [0.717, 1.165) is 44.2 Å². The van der Waals surface area contributed by atoms with Crippen LogP contribution in [0.4, 0.5) is 0 Å². The van der Waals surface area contributed by atoms with Crippen molar-refractivity contribution in [3.05, 3.63) is 0 Å². The maximum atomic E-state index is 12.1. The lowest BCUT2D eigenvalue weighted by molar-refractivity contribution is -0.121. The van der Waals surface area contributed by atoms with Gasteiger partial charge in [-0.1, -0.05) is 26.2 Å². The molecule has 1 atom stereocenters. The van der Waals surface area contributed by atoms with E-state index in [9.17, 15) is 4.79 Å². The van der Waals surface area contributed by atoms with E-state index in [1.165, 1.54) is 25.7 Å². The van der Waals surface area contributed by atoms with Crippen molar-refractivity contribution in [2.24, 2.45) is 4.99 Å². The molecule has 2 fully saturated rings. The topological polar surface area (TPSA) is 56.7 Å². The third-order valence-electron chi connectivity index (χ3n) is 4.80. The quantitative estimate of drug-likeness (QED) is 0.569. The monoisotopic (exact) mass is 354 g/mol. The van der Waals surface area contributed by atoms with Crippen LogP contribution in [0.15, 0.2) is 4.99 Å². The van der Waals surface area contributed by atoms with Crippen LogP contribution in [0.3, 0.4) is 0 Å². The molecule has 138 valence electrons. The molecule has 0 bridgehead atoms. The second kappa shape index (κ2) is 10.9. The number of thioether (sulfide) groups is 1. The van der Waals surface area contributed by atoms with Gasteiger partial charge in [-0.2, -0.15) is 11.8 Å². The Morgan fingerprint density at radius 1 is 1.25 bits per heavy atom. The summed E-state index contributed by atoms with van der Waals surface area (Å²) in [5.41, 5.74) is 0. The molecular formula is C18H34N4OS. The Labute approximate surface area is 151 Å². The van der Waals surface area contributed by atoms with Crippen LogP contribution >= 0.6 is 11.8 Å². The highest BCUT2D eigenvalue weighted by molar-refractivity contribution is 8.00. The van der Waals surface area contributed by atoms with Gasteiger partial charge in [0.15, 0.2) is 5.96 Å². The van der Waals surface area contributed by atoms with Crippen molar-refractivity contribution in [3.8, 4) is 0 Å². The molecule has 0 radical (unpaired) electrons. The van der Waals surface area contributed by atoms with Gasteiger partial charge in [0.2, 0.25) is 5.91 Å². The molecule has 0 spiro atoms. The van der Waals surface area contributed by atoms with Gasteiger partial charge >= 0.3 is 0 Å². The second-order valence-electron chi connectivity index (χ2n) is 6.74.